The molecule has 0 aliphatic carbocycles. The number of unbranched alkanes of at least 4 members (excludes halogenated alkanes) is 3. The fourth-order valence-corrected chi connectivity index (χ4v) is 3.08. The average Bonchev–Trinajstić information content (AvgIpc) is 3.06. The van der Waals surface area contributed by atoms with Gasteiger partial charge in [0.2, 0.25) is 11.8 Å². The summed E-state index contributed by atoms with van der Waals surface area (Å²) in [5.41, 5.74) is 0. The molecule has 1 heterocycles. The summed E-state index contributed by atoms with van der Waals surface area (Å²) < 4.78 is 14.7. The third-order valence-corrected chi connectivity index (χ3v) is 4.83. The molecule has 1 unspecified atom stereocenters. The monoisotopic (exact) mass is 489 g/mol. The smallest absolute Gasteiger partial charge is 0.481 e. The summed E-state index contributed by atoms with van der Waals surface area (Å²) in [4.78, 5) is 59.5. The Kier molecular flexibility index (Phi) is 12.7. The van der Waals surface area contributed by atoms with E-state index in [1.165, 1.54) is 18.7 Å². The van der Waals surface area contributed by atoms with Gasteiger partial charge in [0.05, 0.1) is 6.42 Å². The van der Waals surface area contributed by atoms with E-state index in [1.54, 1.807) is 0 Å². The molecule has 13 heteroatoms. The average molecular weight is 490 g/mol. The highest BCUT2D eigenvalue weighted by Gasteiger charge is 2.23. The zero-order valence-electron chi connectivity index (χ0n) is 18.8. The maximum absolute atomic E-state index is 12.5. The summed E-state index contributed by atoms with van der Waals surface area (Å²) in [5, 5.41) is 13.7. The van der Waals surface area contributed by atoms with Gasteiger partial charge in [-0.3, -0.25) is 14.4 Å². The standard InChI is InChI=1S/C20H31N3O9S/c1-13-16(32-20(29)31-13)12-30-19(28)23(8-5-3-4-6-10-33)9-7-21-18(27)15(11-17(25)26)22-14(2)24/h15,33H,3-12H2,1-2H3,(H,21,27)(H,22,24)(H,25,26). The van der Waals surface area contributed by atoms with Crippen molar-refractivity contribution in [3.8, 4) is 0 Å². The first-order valence-electron chi connectivity index (χ1n) is 10.5. The lowest BCUT2D eigenvalue weighted by Crippen LogP contribution is -2.49. The van der Waals surface area contributed by atoms with Crippen molar-refractivity contribution >= 4 is 36.5 Å². The fraction of sp³-hybridized carbons (Fsp3) is 0.650. The Morgan fingerprint density at radius 1 is 1.12 bits per heavy atom. The minimum atomic E-state index is -1.24. The Morgan fingerprint density at radius 2 is 1.82 bits per heavy atom. The third-order valence-electron chi connectivity index (χ3n) is 4.51. The summed E-state index contributed by atoms with van der Waals surface area (Å²) in [7, 11) is 0. The molecule has 3 N–H and O–H groups in total. The van der Waals surface area contributed by atoms with E-state index >= 15 is 0 Å². The van der Waals surface area contributed by atoms with Crippen LogP contribution in [0.15, 0.2) is 13.6 Å². The van der Waals surface area contributed by atoms with Crippen molar-refractivity contribution in [2.45, 2.75) is 58.6 Å². The van der Waals surface area contributed by atoms with Gasteiger partial charge in [-0.25, -0.2) is 9.59 Å². The van der Waals surface area contributed by atoms with Gasteiger partial charge in [-0.05, 0) is 25.5 Å². The van der Waals surface area contributed by atoms with Crippen LogP contribution in [-0.2, 0) is 25.7 Å². The molecule has 0 spiro atoms. The zero-order valence-corrected chi connectivity index (χ0v) is 19.7. The van der Waals surface area contributed by atoms with Crippen LogP contribution in [0.3, 0.4) is 0 Å². The van der Waals surface area contributed by atoms with Crippen LogP contribution in [0.2, 0.25) is 0 Å². The second-order valence-corrected chi connectivity index (χ2v) is 7.70. The predicted octanol–water partition coefficient (Wildman–Crippen LogP) is 1.07. The SMILES string of the molecule is CC(=O)NC(CC(=O)O)C(=O)NCCN(CCCCCCS)C(=O)OCc1oc(=O)oc1C. The van der Waals surface area contributed by atoms with Crippen LogP contribution in [-0.4, -0.2) is 65.3 Å². The summed E-state index contributed by atoms with van der Waals surface area (Å²) in [5.74, 6) is -2.26. The van der Waals surface area contributed by atoms with E-state index in [1.807, 2.05) is 0 Å². The van der Waals surface area contributed by atoms with Gasteiger partial charge in [-0.15, -0.1) is 0 Å². The van der Waals surface area contributed by atoms with Gasteiger partial charge in [0.25, 0.3) is 0 Å². The lowest BCUT2D eigenvalue weighted by atomic mass is 10.2. The van der Waals surface area contributed by atoms with E-state index in [2.05, 4.69) is 23.3 Å². The van der Waals surface area contributed by atoms with Crippen LogP contribution in [0.1, 0.15) is 50.5 Å². The number of hydrogen-bond acceptors (Lipinski definition) is 9. The molecule has 0 aliphatic heterocycles. The van der Waals surface area contributed by atoms with Crippen molar-refractivity contribution in [2.24, 2.45) is 0 Å². The molecule has 0 aromatic carbocycles. The van der Waals surface area contributed by atoms with Crippen LogP contribution in [0.5, 0.6) is 0 Å². The van der Waals surface area contributed by atoms with Gasteiger partial charge in [0, 0.05) is 26.6 Å². The summed E-state index contributed by atoms with van der Waals surface area (Å²) in [6, 6.07) is -1.23. The first-order valence-corrected chi connectivity index (χ1v) is 11.2. The molecule has 0 radical (unpaired) electrons. The van der Waals surface area contributed by atoms with E-state index in [-0.39, 0.29) is 31.2 Å². The van der Waals surface area contributed by atoms with Gasteiger partial charge < -0.3 is 34.2 Å². The number of carboxylic acid groups (broad SMARTS) is 1. The number of amides is 3. The molecule has 1 aromatic heterocycles. The molecule has 0 saturated heterocycles. The van der Waals surface area contributed by atoms with E-state index in [0.717, 1.165) is 25.0 Å². The number of carbonyl (C=O) groups excluding carboxylic acids is 3. The van der Waals surface area contributed by atoms with Crippen LogP contribution in [0.4, 0.5) is 4.79 Å². The van der Waals surface area contributed by atoms with Crippen LogP contribution in [0.25, 0.3) is 0 Å². The summed E-state index contributed by atoms with van der Waals surface area (Å²) in [6.07, 6.45) is 2.23. The molecular formula is C20H31N3O9S. The first-order chi connectivity index (χ1) is 15.6. The van der Waals surface area contributed by atoms with Crippen LogP contribution < -0.4 is 16.5 Å². The van der Waals surface area contributed by atoms with Gasteiger partial charge in [-0.2, -0.15) is 12.6 Å². The fourth-order valence-electron chi connectivity index (χ4n) is 2.85. The van der Waals surface area contributed by atoms with Crippen molar-refractivity contribution < 1.29 is 37.9 Å². The number of thiol groups is 1. The van der Waals surface area contributed by atoms with Crippen molar-refractivity contribution in [2.75, 3.05) is 25.4 Å². The first kappa shape index (κ1) is 28.1. The molecule has 1 aromatic rings. The Hall–Kier alpha value is -2.96. The van der Waals surface area contributed by atoms with Gasteiger partial charge in [0.1, 0.15) is 6.04 Å². The zero-order chi connectivity index (χ0) is 24.8. The highest BCUT2D eigenvalue weighted by atomic mass is 32.1. The van der Waals surface area contributed by atoms with Crippen LogP contribution >= 0.6 is 12.6 Å². The highest BCUT2D eigenvalue weighted by molar-refractivity contribution is 7.80. The van der Waals surface area contributed by atoms with Crippen molar-refractivity contribution in [3.63, 3.8) is 0 Å². The lowest BCUT2D eigenvalue weighted by molar-refractivity contribution is -0.140. The quantitative estimate of drug-likeness (QED) is 0.208. The van der Waals surface area contributed by atoms with E-state index in [0.29, 0.717) is 13.0 Å². The molecule has 1 atom stereocenters. The van der Waals surface area contributed by atoms with E-state index < -0.39 is 42.2 Å². The highest BCUT2D eigenvalue weighted by Crippen LogP contribution is 2.09. The Morgan fingerprint density at radius 3 is 2.39 bits per heavy atom. The molecule has 12 nitrogen and oxygen atoms in total. The number of rotatable bonds is 15. The minimum Gasteiger partial charge on any atom is -0.481 e. The number of ether oxygens (including phenoxy) is 1. The Balaban J connectivity index is 2.66. The minimum absolute atomic E-state index is 0.0140. The van der Waals surface area contributed by atoms with Gasteiger partial charge in [-0.1, -0.05) is 12.8 Å². The second-order valence-electron chi connectivity index (χ2n) is 7.25. The molecule has 0 bridgehead atoms. The topological polar surface area (TPSA) is 168 Å². The number of carboxylic acids is 1. The van der Waals surface area contributed by atoms with Gasteiger partial charge in [0.15, 0.2) is 18.1 Å². The van der Waals surface area contributed by atoms with Crippen molar-refractivity contribution in [1.29, 1.82) is 0 Å². The molecular weight excluding hydrogens is 458 g/mol. The summed E-state index contributed by atoms with van der Waals surface area (Å²) in [6.45, 7) is 2.86. The second kappa shape index (κ2) is 15.0. The molecule has 3 amide bonds. The number of nitrogens with one attached hydrogen (secondary N) is 2. The van der Waals surface area contributed by atoms with E-state index in [4.69, 9.17) is 18.7 Å². The molecule has 0 aliphatic rings. The molecule has 1 rings (SSSR count). The maximum atomic E-state index is 12.5. The van der Waals surface area contributed by atoms with E-state index in [9.17, 15) is 24.0 Å². The van der Waals surface area contributed by atoms with Crippen LogP contribution in [0, 0.1) is 6.92 Å². The Labute approximate surface area is 196 Å². The molecule has 186 valence electrons. The lowest BCUT2D eigenvalue weighted by Gasteiger charge is -2.23. The van der Waals surface area contributed by atoms with Crippen molar-refractivity contribution in [1.82, 2.24) is 15.5 Å². The van der Waals surface area contributed by atoms with Gasteiger partial charge >= 0.3 is 17.9 Å². The molecule has 0 saturated carbocycles. The normalized spacial score (nSPS) is 11.5. The van der Waals surface area contributed by atoms with Crippen molar-refractivity contribution in [3.05, 3.63) is 22.1 Å². The maximum Gasteiger partial charge on any atom is 0.519 e. The summed E-state index contributed by atoms with van der Waals surface area (Å²) >= 11 is 4.16. The number of aryl methyl sites for hydroxylation is 1. The number of carbonyl (C=O) groups is 4. The molecule has 33 heavy (non-hydrogen) atoms. The number of nitrogens with zero attached hydrogens (tertiary/aromatic N) is 1. The number of hydrogen-bond donors (Lipinski definition) is 4. The predicted molar refractivity (Wildman–Crippen MR) is 119 cm³/mol. The molecule has 0 fully saturated rings. The third kappa shape index (κ3) is 11.5. The number of aliphatic carboxylic acids is 1. The Bertz CT molecular complexity index is 836. The largest absolute Gasteiger partial charge is 0.519 e.